The molecule has 4 N–H and O–H groups in total. The van der Waals surface area contributed by atoms with Crippen molar-refractivity contribution in [2.24, 2.45) is 23.7 Å². The van der Waals surface area contributed by atoms with Crippen molar-refractivity contribution < 1.29 is 38.1 Å². The van der Waals surface area contributed by atoms with Crippen molar-refractivity contribution in [3.8, 4) is 45.5 Å². The fraction of sp³-hybridized carbons (Fsp3) is 0.639. The van der Waals surface area contributed by atoms with E-state index in [1.54, 1.807) is 40.6 Å². The van der Waals surface area contributed by atoms with Crippen molar-refractivity contribution in [1.82, 2.24) is 40.8 Å². The number of nitrogens with zero attached hydrogens (tertiary/aromatic N) is 4. The maximum atomic E-state index is 13.5. The summed E-state index contributed by atoms with van der Waals surface area (Å²) in [6, 6.07) is 14.3. The minimum Gasteiger partial charge on any atom is -0.496 e. The van der Waals surface area contributed by atoms with Crippen molar-refractivity contribution >= 4 is 23.6 Å². The first-order valence-electron chi connectivity index (χ1n) is 28.7. The maximum Gasteiger partial charge on any atom is 0.272 e. The molecule has 16 nitrogen and oxygen atoms in total. The van der Waals surface area contributed by atoms with Gasteiger partial charge in [-0.3, -0.25) is 28.5 Å². The maximum absolute atomic E-state index is 13.5. The van der Waals surface area contributed by atoms with Crippen molar-refractivity contribution in [2.45, 2.75) is 191 Å². The number of nitrogens with one attached hydrogen (secondary N) is 4. The molecule has 0 spiro atoms. The molecule has 77 heavy (non-hydrogen) atoms. The standard InChI is InChI=1S/C31H50N4O4.C30H48N4O4/c1-8-11-12-13-17-32-29(36)19-24(18-22(4)5)33-31(37)25-20-26(35(34-25)21-23(9-2)10-3)30-27(38-6)15-14-16-28(30)39-7;1-8-10-11-12-16-31-28(35)18-23(17-21(3)4)32-30(36)24-19-25(34(33-24)20-22(5)9-2)29-26(37-6)14-13-15-27(29)38-7/h14-16,20,22-24H,8-13,17-19,21H2,1-7H3,(H,32,36)(H,33,37);13-15,19,21-23H,8-12,16-18,20H2,1-7H3,(H,31,35)(H,32,36)/t24-;22?,23-/m00/s1. The molecule has 0 fully saturated rings. The van der Waals surface area contributed by atoms with Crippen LogP contribution in [0, 0.1) is 23.7 Å². The fourth-order valence-corrected chi connectivity index (χ4v) is 9.35. The lowest BCUT2D eigenvalue weighted by Gasteiger charge is -2.20. The molecule has 0 radical (unpaired) electrons. The lowest BCUT2D eigenvalue weighted by atomic mass is 10.0. The monoisotopic (exact) mass is 1070 g/mol. The number of benzene rings is 2. The van der Waals surface area contributed by atoms with E-state index in [1.165, 1.54) is 12.8 Å². The first-order chi connectivity index (χ1) is 37.0. The van der Waals surface area contributed by atoms with E-state index in [-0.39, 0.29) is 48.6 Å². The Hall–Kier alpha value is -6.06. The Morgan fingerprint density at radius 2 is 0.896 bits per heavy atom. The average molecular weight is 1070 g/mol. The van der Waals surface area contributed by atoms with Gasteiger partial charge in [0, 0.05) is 51.1 Å². The highest BCUT2D eigenvalue weighted by Crippen LogP contribution is 2.40. The Morgan fingerprint density at radius 1 is 0.519 bits per heavy atom. The van der Waals surface area contributed by atoms with Gasteiger partial charge in [0.25, 0.3) is 11.8 Å². The molecule has 0 aliphatic carbocycles. The third-order valence-electron chi connectivity index (χ3n) is 13.9. The lowest BCUT2D eigenvalue weighted by molar-refractivity contribution is -0.122. The van der Waals surface area contributed by atoms with E-state index in [0.29, 0.717) is 97.1 Å². The van der Waals surface area contributed by atoms with Crippen LogP contribution in [0.4, 0.5) is 0 Å². The minimum absolute atomic E-state index is 0.0313. The van der Waals surface area contributed by atoms with Gasteiger partial charge in [0.15, 0.2) is 11.4 Å². The number of aromatic nitrogens is 4. The molecule has 0 bridgehead atoms. The third-order valence-corrected chi connectivity index (χ3v) is 13.9. The molecule has 0 saturated heterocycles. The number of carbonyl (C=O) groups is 4. The summed E-state index contributed by atoms with van der Waals surface area (Å²) in [5.74, 6) is 3.40. The van der Waals surface area contributed by atoms with E-state index in [1.807, 2.05) is 45.8 Å². The predicted molar refractivity (Wildman–Crippen MR) is 310 cm³/mol. The second-order valence-corrected chi connectivity index (χ2v) is 21.3. The largest absolute Gasteiger partial charge is 0.496 e. The number of rotatable bonds is 35. The second kappa shape index (κ2) is 35.4. The Morgan fingerprint density at radius 3 is 1.22 bits per heavy atom. The molecule has 4 rings (SSSR count). The van der Waals surface area contributed by atoms with E-state index in [2.05, 4.69) is 90.5 Å². The fourth-order valence-electron chi connectivity index (χ4n) is 9.35. The van der Waals surface area contributed by atoms with Gasteiger partial charge in [-0.1, -0.05) is 139 Å². The number of ether oxygens (including phenoxy) is 4. The SMILES string of the molecule is CCCCCCNC(=O)C[C@H](CC(C)C)NC(=O)c1cc(-c2c(OC)cccc2OC)n(CC(C)CC)n1.CCCCCCNC(=O)C[C@H](CC(C)C)NC(=O)c1cc(-c2c(OC)cccc2OC)n(CC(CC)CC)n1. The van der Waals surface area contributed by atoms with Gasteiger partial charge in [-0.2, -0.15) is 10.2 Å². The first kappa shape index (κ1) is 65.2. The molecular weight excluding hydrogens is 973 g/mol. The van der Waals surface area contributed by atoms with Gasteiger partial charge in [-0.05, 0) is 85.8 Å². The highest BCUT2D eigenvalue weighted by Gasteiger charge is 2.27. The molecule has 16 heteroatoms. The van der Waals surface area contributed by atoms with E-state index >= 15 is 0 Å². The van der Waals surface area contributed by atoms with E-state index in [9.17, 15) is 19.2 Å². The molecule has 3 atom stereocenters. The number of hydrogen-bond donors (Lipinski definition) is 4. The molecule has 1 unspecified atom stereocenters. The van der Waals surface area contributed by atoms with Crippen LogP contribution in [0.1, 0.15) is 187 Å². The Balaban J connectivity index is 0.000000405. The van der Waals surface area contributed by atoms with E-state index in [4.69, 9.17) is 29.1 Å². The molecule has 2 aromatic carbocycles. The summed E-state index contributed by atoms with van der Waals surface area (Å²) in [5, 5.41) is 21.7. The molecule has 4 aromatic rings. The number of amides is 4. The average Bonchev–Trinajstić information content (AvgIpc) is 4.03. The highest BCUT2D eigenvalue weighted by molar-refractivity contribution is 5.95. The van der Waals surface area contributed by atoms with Crippen molar-refractivity contribution in [3.63, 3.8) is 0 Å². The summed E-state index contributed by atoms with van der Waals surface area (Å²) in [7, 11) is 6.48. The third kappa shape index (κ3) is 21.7. The van der Waals surface area contributed by atoms with Crippen LogP contribution >= 0.6 is 0 Å². The molecule has 4 amide bonds. The number of unbranched alkanes of at least 4 members (excludes halogenated alkanes) is 6. The topological polar surface area (TPSA) is 189 Å². The lowest BCUT2D eigenvalue weighted by Crippen LogP contribution is -2.40. The molecular formula is C61H98N8O8. The zero-order valence-electron chi connectivity index (χ0n) is 49.6. The van der Waals surface area contributed by atoms with Crippen LogP contribution < -0.4 is 40.2 Å². The van der Waals surface area contributed by atoms with Crippen LogP contribution in [-0.2, 0) is 22.7 Å². The van der Waals surface area contributed by atoms with Gasteiger partial charge in [0.1, 0.15) is 23.0 Å². The number of carbonyl (C=O) groups excluding carboxylic acids is 4. The van der Waals surface area contributed by atoms with Crippen LogP contribution in [0.2, 0.25) is 0 Å². The van der Waals surface area contributed by atoms with Crippen LogP contribution in [0.15, 0.2) is 48.5 Å². The quantitative estimate of drug-likeness (QED) is 0.0323. The zero-order chi connectivity index (χ0) is 56.9. The zero-order valence-corrected chi connectivity index (χ0v) is 49.6. The van der Waals surface area contributed by atoms with E-state index in [0.717, 1.165) is 80.3 Å². The van der Waals surface area contributed by atoms with Gasteiger partial charge in [-0.25, -0.2) is 0 Å². The summed E-state index contributed by atoms with van der Waals surface area (Å²) in [6.45, 7) is 24.0. The molecule has 0 saturated carbocycles. The van der Waals surface area contributed by atoms with Crippen molar-refractivity contribution in [2.75, 3.05) is 41.5 Å². The summed E-state index contributed by atoms with van der Waals surface area (Å²) in [6.07, 6.45) is 13.7. The molecule has 0 aliphatic rings. The number of methoxy groups -OCH3 is 4. The first-order valence-corrected chi connectivity index (χ1v) is 28.7. The van der Waals surface area contributed by atoms with Crippen molar-refractivity contribution in [1.29, 1.82) is 0 Å². The highest BCUT2D eigenvalue weighted by atomic mass is 16.5. The van der Waals surface area contributed by atoms with Crippen LogP contribution in [0.25, 0.3) is 22.5 Å². The Bertz CT molecular complexity index is 2330. The van der Waals surface area contributed by atoms with Gasteiger partial charge < -0.3 is 40.2 Å². The van der Waals surface area contributed by atoms with Gasteiger partial charge in [-0.15, -0.1) is 0 Å². The number of hydrogen-bond acceptors (Lipinski definition) is 10. The summed E-state index contributed by atoms with van der Waals surface area (Å²) >= 11 is 0. The second-order valence-electron chi connectivity index (χ2n) is 21.3. The van der Waals surface area contributed by atoms with Crippen molar-refractivity contribution in [3.05, 3.63) is 59.9 Å². The van der Waals surface area contributed by atoms with Crippen LogP contribution in [0.3, 0.4) is 0 Å². The minimum atomic E-state index is -0.288. The van der Waals surface area contributed by atoms with Crippen LogP contribution in [-0.4, -0.2) is 96.8 Å². The molecule has 2 heterocycles. The molecule has 0 aliphatic heterocycles. The smallest absolute Gasteiger partial charge is 0.272 e. The van der Waals surface area contributed by atoms with Gasteiger partial charge in [0.2, 0.25) is 11.8 Å². The van der Waals surface area contributed by atoms with Gasteiger partial charge >= 0.3 is 0 Å². The summed E-state index contributed by atoms with van der Waals surface area (Å²) in [4.78, 5) is 52.2. The molecule has 430 valence electrons. The summed E-state index contributed by atoms with van der Waals surface area (Å²) in [5.41, 5.74) is 3.68. The van der Waals surface area contributed by atoms with Gasteiger partial charge in [0.05, 0.1) is 51.0 Å². The molecule has 2 aromatic heterocycles. The van der Waals surface area contributed by atoms with E-state index < -0.39 is 0 Å². The normalized spacial score (nSPS) is 12.4. The Kier molecular flexibility index (Phi) is 30.0. The predicted octanol–water partition coefficient (Wildman–Crippen LogP) is 12.1. The Labute approximate surface area is 462 Å². The van der Waals surface area contributed by atoms with Crippen LogP contribution in [0.5, 0.6) is 23.0 Å². The summed E-state index contributed by atoms with van der Waals surface area (Å²) < 4.78 is 26.4.